The molecule has 0 aliphatic carbocycles. The van der Waals surface area contributed by atoms with Crippen LogP contribution in [-0.4, -0.2) is 38.2 Å². The number of sulfonamides is 1. The molecule has 0 unspecified atom stereocenters. The number of aromatic nitrogens is 2. The second-order valence-corrected chi connectivity index (χ2v) is 9.49. The topological polar surface area (TPSA) is 110 Å². The maximum atomic E-state index is 12.4. The average Bonchev–Trinajstić information content (AvgIpc) is 3.21. The Bertz CT molecular complexity index is 1130. The minimum atomic E-state index is -3.82. The second-order valence-electron chi connectivity index (χ2n) is 6.16. The number of anilines is 1. The molecule has 0 spiro atoms. The molecule has 2 aromatic carbocycles. The van der Waals surface area contributed by atoms with E-state index in [0.717, 1.165) is 22.6 Å². The lowest BCUT2D eigenvalue weighted by Crippen LogP contribution is -2.25. The first kappa shape index (κ1) is 22.2. The summed E-state index contributed by atoms with van der Waals surface area (Å²) in [6, 6.07) is 14.1. The Morgan fingerprint density at radius 1 is 1.17 bits per heavy atom. The lowest BCUT2D eigenvalue weighted by Gasteiger charge is -2.05. The van der Waals surface area contributed by atoms with Crippen LogP contribution < -0.4 is 14.8 Å². The number of carbonyl (C=O) groups excluding carboxylic acids is 1. The number of aryl methyl sites for hydroxylation is 1. The van der Waals surface area contributed by atoms with Gasteiger partial charge in [-0.2, -0.15) is 0 Å². The summed E-state index contributed by atoms with van der Waals surface area (Å²) in [5, 5.41) is 10.3. The Kier molecular flexibility index (Phi) is 7.38. The zero-order valence-electron chi connectivity index (χ0n) is 16.0. The van der Waals surface area contributed by atoms with Crippen molar-refractivity contribution in [2.75, 3.05) is 19.0 Å². The second kappa shape index (κ2) is 9.98. The average molecular weight is 467 g/mol. The number of halogens is 1. The molecule has 8 nitrogen and oxygen atoms in total. The van der Waals surface area contributed by atoms with Crippen molar-refractivity contribution in [2.24, 2.45) is 0 Å². The van der Waals surface area contributed by atoms with E-state index in [0.29, 0.717) is 12.8 Å². The van der Waals surface area contributed by atoms with Crippen LogP contribution in [0.3, 0.4) is 0 Å². The van der Waals surface area contributed by atoms with Crippen LogP contribution in [0, 0.1) is 0 Å². The summed E-state index contributed by atoms with van der Waals surface area (Å²) in [5.74, 6) is 0.264. The van der Waals surface area contributed by atoms with Crippen molar-refractivity contribution in [3.8, 4) is 5.75 Å². The van der Waals surface area contributed by atoms with Crippen LogP contribution in [0.4, 0.5) is 5.13 Å². The summed E-state index contributed by atoms with van der Waals surface area (Å²) in [6.45, 7) is 0.237. The summed E-state index contributed by atoms with van der Waals surface area (Å²) in [4.78, 5) is 12.3. The predicted octanol–water partition coefficient (Wildman–Crippen LogP) is 3.36. The molecule has 0 aliphatic rings. The zero-order valence-corrected chi connectivity index (χ0v) is 18.4. The fourth-order valence-corrected chi connectivity index (χ4v) is 4.80. The van der Waals surface area contributed by atoms with Gasteiger partial charge < -0.3 is 4.74 Å². The fourth-order valence-electron chi connectivity index (χ4n) is 2.57. The molecule has 1 amide bonds. The molecule has 0 aliphatic heterocycles. The van der Waals surface area contributed by atoms with E-state index in [9.17, 15) is 13.2 Å². The van der Waals surface area contributed by atoms with Crippen LogP contribution >= 0.6 is 22.9 Å². The van der Waals surface area contributed by atoms with Crippen LogP contribution in [0.15, 0.2) is 52.9 Å². The van der Waals surface area contributed by atoms with Crippen molar-refractivity contribution in [3.05, 3.63) is 64.7 Å². The molecule has 158 valence electrons. The molecule has 0 bridgehead atoms. The number of ether oxygens (including phenoxy) is 1. The molecule has 1 aromatic heterocycles. The van der Waals surface area contributed by atoms with Crippen molar-refractivity contribution < 1.29 is 17.9 Å². The van der Waals surface area contributed by atoms with Gasteiger partial charge >= 0.3 is 0 Å². The van der Waals surface area contributed by atoms with Gasteiger partial charge in [0.25, 0.3) is 15.9 Å². The molecule has 0 saturated heterocycles. The number of methoxy groups -OCH3 is 1. The first-order chi connectivity index (χ1) is 14.4. The van der Waals surface area contributed by atoms with Crippen molar-refractivity contribution in [1.82, 2.24) is 14.9 Å². The molecule has 0 radical (unpaired) electrons. The first-order valence-electron chi connectivity index (χ1n) is 8.91. The highest BCUT2D eigenvalue weighted by Crippen LogP contribution is 2.22. The summed E-state index contributed by atoms with van der Waals surface area (Å²) >= 11 is 6.75. The van der Waals surface area contributed by atoms with E-state index in [2.05, 4.69) is 20.2 Å². The fraction of sp³-hybridized carbons (Fsp3) is 0.211. The van der Waals surface area contributed by atoms with Gasteiger partial charge in [-0.15, -0.1) is 10.2 Å². The molecule has 2 N–H and O–H groups in total. The molecule has 30 heavy (non-hydrogen) atoms. The Morgan fingerprint density at radius 3 is 2.73 bits per heavy atom. The van der Waals surface area contributed by atoms with E-state index in [4.69, 9.17) is 16.3 Å². The lowest BCUT2D eigenvalue weighted by atomic mass is 10.1. The van der Waals surface area contributed by atoms with Gasteiger partial charge in [0, 0.05) is 6.54 Å². The van der Waals surface area contributed by atoms with Gasteiger partial charge in [0.15, 0.2) is 0 Å². The van der Waals surface area contributed by atoms with E-state index >= 15 is 0 Å². The molecule has 0 saturated carbocycles. The van der Waals surface area contributed by atoms with Crippen molar-refractivity contribution in [2.45, 2.75) is 17.2 Å². The largest absolute Gasteiger partial charge is 0.497 e. The normalized spacial score (nSPS) is 11.3. The Morgan fingerprint density at radius 2 is 1.97 bits per heavy atom. The van der Waals surface area contributed by atoms with Gasteiger partial charge in [-0.3, -0.25) is 10.1 Å². The first-order valence-corrected chi connectivity index (χ1v) is 11.6. The molecule has 11 heteroatoms. The Balaban J connectivity index is 1.54. The van der Waals surface area contributed by atoms with Crippen LogP contribution in [0.5, 0.6) is 5.75 Å². The van der Waals surface area contributed by atoms with Crippen LogP contribution in [0.25, 0.3) is 0 Å². The maximum Gasteiger partial charge on any atom is 0.269 e. The van der Waals surface area contributed by atoms with Crippen molar-refractivity contribution in [1.29, 1.82) is 0 Å². The molecule has 3 aromatic rings. The van der Waals surface area contributed by atoms with Crippen LogP contribution in [-0.2, 0) is 16.4 Å². The number of rotatable bonds is 9. The summed E-state index contributed by atoms with van der Waals surface area (Å²) in [7, 11) is -2.22. The van der Waals surface area contributed by atoms with Gasteiger partial charge in [0.1, 0.15) is 5.75 Å². The van der Waals surface area contributed by atoms with Crippen LogP contribution in [0.1, 0.15) is 22.3 Å². The SMILES string of the molecule is COc1cccc(CCCNS(=O)(=O)c2nnc(NC(=O)c3ccccc3Cl)s2)c1. The molecule has 3 rings (SSSR count). The Hall–Kier alpha value is -2.53. The number of amides is 1. The number of nitrogens with zero attached hydrogens (tertiary/aromatic N) is 2. The van der Waals surface area contributed by atoms with E-state index < -0.39 is 15.9 Å². The third-order valence-electron chi connectivity index (χ3n) is 4.04. The number of carbonyl (C=O) groups is 1. The summed E-state index contributed by atoms with van der Waals surface area (Å²) < 4.78 is 32.3. The van der Waals surface area contributed by atoms with Gasteiger partial charge in [-0.05, 0) is 42.7 Å². The third-order valence-corrected chi connectivity index (χ3v) is 7.04. The molecule has 0 atom stereocenters. The molecule has 1 heterocycles. The number of nitrogens with one attached hydrogen (secondary N) is 2. The minimum absolute atomic E-state index is 0.0664. The molecule has 0 fully saturated rings. The highest BCUT2D eigenvalue weighted by Gasteiger charge is 2.21. The quantitative estimate of drug-likeness (QED) is 0.369. The number of benzene rings is 2. The molecular weight excluding hydrogens is 448 g/mol. The van der Waals surface area contributed by atoms with Crippen LogP contribution in [0.2, 0.25) is 5.02 Å². The zero-order chi connectivity index (χ0) is 21.6. The van der Waals surface area contributed by atoms with E-state index in [-0.39, 0.29) is 26.6 Å². The molecular formula is C19H19ClN4O4S2. The maximum absolute atomic E-state index is 12.4. The lowest BCUT2D eigenvalue weighted by molar-refractivity contribution is 0.102. The van der Waals surface area contributed by atoms with Gasteiger partial charge in [0.05, 0.1) is 17.7 Å². The Labute approximate surface area is 183 Å². The predicted molar refractivity (Wildman–Crippen MR) is 116 cm³/mol. The van der Waals surface area contributed by atoms with Crippen molar-refractivity contribution in [3.63, 3.8) is 0 Å². The summed E-state index contributed by atoms with van der Waals surface area (Å²) in [5.41, 5.74) is 1.31. The van der Waals surface area contributed by atoms with Gasteiger partial charge in [-0.25, -0.2) is 13.1 Å². The number of hydrogen-bond donors (Lipinski definition) is 2. The third kappa shape index (κ3) is 5.76. The standard InChI is InChI=1S/C19H19ClN4O4S2/c1-28-14-8-4-6-13(12-14)7-5-11-21-30(26,27)19-24-23-18(29-19)22-17(25)15-9-2-3-10-16(15)20/h2-4,6,8-10,12,21H,5,7,11H2,1H3,(H,22,23,25). The van der Waals surface area contributed by atoms with E-state index in [1.165, 1.54) is 0 Å². The minimum Gasteiger partial charge on any atom is -0.497 e. The monoisotopic (exact) mass is 466 g/mol. The van der Waals surface area contributed by atoms with Crippen molar-refractivity contribution >= 4 is 44.0 Å². The smallest absolute Gasteiger partial charge is 0.269 e. The highest BCUT2D eigenvalue weighted by atomic mass is 35.5. The summed E-state index contributed by atoms with van der Waals surface area (Å²) in [6.07, 6.45) is 1.29. The highest BCUT2D eigenvalue weighted by molar-refractivity contribution is 7.91. The van der Waals surface area contributed by atoms with E-state index in [1.807, 2.05) is 24.3 Å². The number of hydrogen-bond acceptors (Lipinski definition) is 7. The van der Waals surface area contributed by atoms with E-state index in [1.54, 1.807) is 31.4 Å². The van der Waals surface area contributed by atoms with Gasteiger partial charge in [0.2, 0.25) is 9.47 Å². The van der Waals surface area contributed by atoms with Gasteiger partial charge in [-0.1, -0.05) is 47.2 Å².